The fourth-order valence-corrected chi connectivity index (χ4v) is 5.45. The van der Waals surface area contributed by atoms with Crippen molar-refractivity contribution in [3.8, 4) is 0 Å². The van der Waals surface area contributed by atoms with E-state index in [-0.39, 0.29) is 0 Å². The van der Waals surface area contributed by atoms with Crippen molar-refractivity contribution in [2.75, 3.05) is 10.8 Å². The van der Waals surface area contributed by atoms with Crippen LogP contribution in [-0.4, -0.2) is 24.7 Å². The average molecular weight is 348 g/mol. The molecule has 8 heteroatoms. The first-order valence-electron chi connectivity index (χ1n) is 5.30. The molecule has 1 aliphatic rings. The Kier molecular flexibility index (Phi) is 2.76. The number of aromatic nitrogens is 2. The van der Waals surface area contributed by atoms with Gasteiger partial charge in [-0.15, -0.1) is 11.3 Å². The van der Waals surface area contributed by atoms with Crippen LogP contribution in [0.15, 0.2) is 27.0 Å². The second-order valence-electron chi connectivity index (χ2n) is 3.98. The molecular formula is C10H10BrN3O2S2. The van der Waals surface area contributed by atoms with Gasteiger partial charge in [0.15, 0.2) is 5.82 Å². The van der Waals surface area contributed by atoms with Crippen molar-refractivity contribution in [3.05, 3.63) is 27.7 Å². The van der Waals surface area contributed by atoms with Crippen molar-refractivity contribution in [2.45, 2.75) is 17.7 Å². The number of nitrogens with zero attached hydrogens (tertiary/aromatic N) is 3. The molecule has 0 unspecified atom stereocenters. The van der Waals surface area contributed by atoms with Crippen molar-refractivity contribution in [1.82, 2.24) is 9.78 Å². The molecule has 0 radical (unpaired) electrons. The largest absolute Gasteiger partial charge is 0.275 e. The molecule has 96 valence electrons. The van der Waals surface area contributed by atoms with E-state index < -0.39 is 10.0 Å². The number of anilines is 1. The lowest BCUT2D eigenvalue weighted by atomic mass is 10.5. The molecule has 0 aliphatic carbocycles. The zero-order chi connectivity index (χ0) is 12.9. The lowest BCUT2D eigenvalue weighted by molar-refractivity contribution is 0.594. The first kappa shape index (κ1) is 12.2. The number of halogens is 1. The molecule has 0 amide bonds. The maximum atomic E-state index is 12.5. The molecule has 2 aromatic heterocycles. The van der Waals surface area contributed by atoms with Crippen LogP contribution in [0.4, 0.5) is 5.82 Å². The number of aryl methyl sites for hydroxylation is 1. The zero-order valence-electron chi connectivity index (χ0n) is 9.50. The second kappa shape index (κ2) is 4.07. The summed E-state index contributed by atoms with van der Waals surface area (Å²) in [6.07, 6.45) is 1.62. The maximum absolute atomic E-state index is 12.5. The first-order valence-corrected chi connectivity index (χ1v) is 8.35. The standard InChI is InChI=1S/C10H10BrN3O2S2/c1-7-2-3-9(17-7)18(15,16)14-5-4-13-10(14)8(11)6-12-13/h2-3,6H,4-5H2,1H3. The van der Waals surface area contributed by atoms with Crippen LogP contribution in [-0.2, 0) is 16.6 Å². The molecule has 0 N–H and O–H groups in total. The van der Waals surface area contributed by atoms with Crippen LogP contribution < -0.4 is 4.31 Å². The Morgan fingerprint density at radius 3 is 2.83 bits per heavy atom. The molecule has 0 spiro atoms. The van der Waals surface area contributed by atoms with Gasteiger partial charge < -0.3 is 0 Å². The van der Waals surface area contributed by atoms with E-state index in [1.54, 1.807) is 16.9 Å². The normalized spacial score (nSPS) is 15.1. The molecule has 0 atom stereocenters. The fourth-order valence-electron chi connectivity index (χ4n) is 1.95. The Labute approximate surface area is 117 Å². The summed E-state index contributed by atoms with van der Waals surface area (Å²) in [5, 5.41) is 4.13. The van der Waals surface area contributed by atoms with Gasteiger partial charge in [-0.1, -0.05) is 0 Å². The second-order valence-corrected chi connectivity index (χ2v) is 8.21. The quantitative estimate of drug-likeness (QED) is 0.836. The summed E-state index contributed by atoms with van der Waals surface area (Å²) in [6, 6.07) is 3.47. The predicted molar refractivity (Wildman–Crippen MR) is 73.5 cm³/mol. The Bertz CT molecular complexity index is 705. The van der Waals surface area contributed by atoms with Crippen molar-refractivity contribution in [2.24, 2.45) is 0 Å². The van der Waals surface area contributed by atoms with Gasteiger partial charge in [0.2, 0.25) is 0 Å². The van der Waals surface area contributed by atoms with E-state index in [4.69, 9.17) is 0 Å². The Morgan fingerprint density at radius 2 is 2.17 bits per heavy atom. The molecule has 0 saturated carbocycles. The van der Waals surface area contributed by atoms with Gasteiger partial charge in [-0.3, -0.25) is 0 Å². The highest BCUT2D eigenvalue weighted by atomic mass is 79.9. The van der Waals surface area contributed by atoms with Gasteiger partial charge in [-0.2, -0.15) is 5.10 Å². The Hall–Kier alpha value is -0.860. The first-order chi connectivity index (χ1) is 8.50. The van der Waals surface area contributed by atoms with E-state index in [1.165, 1.54) is 15.6 Å². The molecule has 0 aromatic carbocycles. The van der Waals surface area contributed by atoms with Gasteiger partial charge in [0, 0.05) is 4.88 Å². The van der Waals surface area contributed by atoms with Crippen LogP contribution in [0.5, 0.6) is 0 Å². The lowest BCUT2D eigenvalue weighted by Crippen LogP contribution is -2.28. The summed E-state index contributed by atoms with van der Waals surface area (Å²) in [4.78, 5) is 0.986. The Balaban J connectivity index is 2.09. The van der Waals surface area contributed by atoms with Crippen LogP contribution in [0.25, 0.3) is 0 Å². The van der Waals surface area contributed by atoms with Gasteiger partial charge in [0.25, 0.3) is 10.0 Å². The van der Waals surface area contributed by atoms with E-state index >= 15 is 0 Å². The molecule has 0 fully saturated rings. The van der Waals surface area contributed by atoms with Gasteiger partial charge in [-0.05, 0) is 35.0 Å². The molecule has 3 heterocycles. The monoisotopic (exact) mass is 347 g/mol. The molecular weight excluding hydrogens is 338 g/mol. The van der Waals surface area contributed by atoms with Crippen LogP contribution in [0.3, 0.4) is 0 Å². The number of hydrogen-bond donors (Lipinski definition) is 0. The summed E-state index contributed by atoms with van der Waals surface area (Å²) in [5.74, 6) is 0.612. The van der Waals surface area contributed by atoms with Gasteiger partial charge in [-0.25, -0.2) is 17.4 Å². The summed E-state index contributed by atoms with van der Waals surface area (Å²) in [5.41, 5.74) is 0. The fraction of sp³-hybridized carbons (Fsp3) is 0.300. The highest BCUT2D eigenvalue weighted by Crippen LogP contribution is 2.35. The molecule has 3 rings (SSSR count). The van der Waals surface area contributed by atoms with Crippen LogP contribution in [0, 0.1) is 6.92 Å². The average Bonchev–Trinajstić information content (AvgIpc) is 2.97. The van der Waals surface area contributed by atoms with Crippen molar-refractivity contribution >= 4 is 43.1 Å². The minimum Gasteiger partial charge on any atom is -0.246 e. The molecule has 0 bridgehead atoms. The highest BCUT2D eigenvalue weighted by molar-refractivity contribution is 9.10. The Morgan fingerprint density at radius 1 is 1.39 bits per heavy atom. The van der Waals surface area contributed by atoms with Gasteiger partial charge >= 0.3 is 0 Å². The van der Waals surface area contributed by atoms with Gasteiger partial charge in [0.05, 0.1) is 23.8 Å². The molecule has 5 nitrogen and oxygen atoms in total. The van der Waals surface area contributed by atoms with E-state index in [0.29, 0.717) is 27.6 Å². The zero-order valence-corrected chi connectivity index (χ0v) is 12.7. The topological polar surface area (TPSA) is 55.2 Å². The third-order valence-electron chi connectivity index (χ3n) is 2.78. The van der Waals surface area contributed by atoms with Crippen LogP contribution >= 0.6 is 27.3 Å². The van der Waals surface area contributed by atoms with Crippen molar-refractivity contribution in [3.63, 3.8) is 0 Å². The predicted octanol–water partition coefficient (Wildman–Crippen LogP) is 2.22. The third-order valence-corrected chi connectivity index (χ3v) is 6.60. The number of rotatable bonds is 2. The third kappa shape index (κ3) is 1.70. The summed E-state index contributed by atoms with van der Waals surface area (Å²) in [6.45, 7) is 2.92. The lowest BCUT2D eigenvalue weighted by Gasteiger charge is -2.16. The van der Waals surface area contributed by atoms with E-state index in [9.17, 15) is 8.42 Å². The number of fused-ring (bicyclic) bond motifs is 1. The van der Waals surface area contributed by atoms with Crippen LogP contribution in [0.2, 0.25) is 0 Å². The summed E-state index contributed by atoms with van der Waals surface area (Å²) >= 11 is 4.63. The minimum absolute atomic E-state index is 0.376. The van der Waals surface area contributed by atoms with Crippen molar-refractivity contribution in [1.29, 1.82) is 0 Å². The van der Waals surface area contributed by atoms with Gasteiger partial charge in [0.1, 0.15) is 4.21 Å². The summed E-state index contributed by atoms with van der Waals surface area (Å²) in [7, 11) is -3.46. The SMILES string of the molecule is Cc1ccc(S(=O)(=O)N2CCn3ncc(Br)c32)s1. The van der Waals surface area contributed by atoms with E-state index in [2.05, 4.69) is 21.0 Å². The molecule has 0 saturated heterocycles. The molecule has 18 heavy (non-hydrogen) atoms. The number of thiophene rings is 1. The van der Waals surface area contributed by atoms with E-state index in [1.807, 2.05) is 13.0 Å². The smallest absolute Gasteiger partial charge is 0.246 e. The van der Waals surface area contributed by atoms with Crippen LogP contribution in [0.1, 0.15) is 4.88 Å². The van der Waals surface area contributed by atoms with E-state index in [0.717, 1.165) is 4.88 Å². The maximum Gasteiger partial charge on any atom is 0.275 e. The molecule has 1 aliphatic heterocycles. The summed E-state index contributed by atoms with van der Waals surface area (Å²) < 4.78 is 29.3. The molecule has 2 aromatic rings. The number of sulfonamides is 1. The highest BCUT2D eigenvalue weighted by Gasteiger charge is 2.34. The number of hydrogen-bond acceptors (Lipinski definition) is 4. The minimum atomic E-state index is -3.46. The van der Waals surface area contributed by atoms with Crippen molar-refractivity contribution < 1.29 is 8.42 Å².